The van der Waals surface area contributed by atoms with Gasteiger partial charge in [-0.3, -0.25) is 0 Å². The van der Waals surface area contributed by atoms with Gasteiger partial charge in [-0.2, -0.15) is 0 Å². The Morgan fingerprint density at radius 1 is 1.60 bits per heavy atom. The molecule has 1 rings (SSSR count). The molecule has 0 bridgehead atoms. The average Bonchev–Trinajstić information content (AvgIpc) is 2.27. The molecule has 0 aliphatic carbocycles. The van der Waals surface area contributed by atoms with Gasteiger partial charge in [-0.25, -0.2) is 0 Å². The van der Waals surface area contributed by atoms with Crippen molar-refractivity contribution in [1.29, 1.82) is 0 Å². The van der Waals surface area contributed by atoms with Crippen molar-refractivity contribution < 1.29 is 9.84 Å². The van der Waals surface area contributed by atoms with E-state index in [1.165, 1.54) is 0 Å². The number of ether oxygens (including phenoxy) is 1. The Kier molecular flexibility index (Phi) is 5.63. The summed E-state index contributed by atoms with van der Waals surface area (Å²) in [5, 5.41) is 12.7. The first-order valence-corrected chi connectivity index (χ1v) is 5.39. The minimum absolute atomic E-state index is 0.271. The lowest BCUT2D eigenvalue weighted by Gasteiger charge is -2.24. The van der Waals surface area contributed by atoms with Crippen molar-refractivity contribution >= 4 is 0 Å². The second-order valence-electron chi connectivity index (χ2n) is 3.76. The first-order chi connectivity index (χ1) is 7.26. The van der Waals surface area contributed by atoms with Crippen LogP contribution in [0.3, 0.4) is 0 Å². The highest BCUT2D eigenvalue weighted by Gasteiger charge is 2.15. The molecule has 1 heterocycles. The van der Waals surface area contributed by atoms with Gasteiger partial charge in [0.2, 0.25) is 0 Å². The number of aliphatic hydroxyl groups is 1. The fourth-order valence-electron chi connectivity index (χ4n) is 1.49. The lowest BCUT2D eigenvalue weighted by Crippen LogP contribution is -2.40. The predicted octanol–water partition coefficient (Wildman–Crippen LogP) is -1.08. The summed E-state index contributed by atoms with van der Waals surface area (Å²) in [6.45, 7) is 2.17. The van der Waals surface area contributed by atoms with E-state index in [0.717, 1.165) is 12.2 Å². The number of hydrogen-bond donors (Lipinski definition) is 4. The molecule has 0 amide bonds. The standard InChI is InChI=1S/C10H21N3O2/c11-4-3-9(14)6-13-8-1-2-10(5-12)15-7-8/h2,8-9,13-14H,1,3-7,11-12H2/t8-,9?/m1/s1. The van der Waals surface area contributed by atoms with Crippen molar-refractivity contribution in [2.75, 3.05) is 26.2 Å². The predicted molar refractivity (Wildman–Crippen MR) is 59.2 cm³/mol. The Balaban J connectivity index is 2.16. The van der Waals surface area contributed by atoms with Crippen molar-refractivity contribution in [3.63, 3.8) is 0 Å². The summed E-state index contributed by atoms with van der Waals surface area (Å²) in [5.41, 5.74) is 10.8. The topological polar surface area (TPSA) is 93.5 Å². The van der Waals surface area contributed by atoms with Crippen LogP contribution in [0.1, 0.15) is 12.8 Å². The minimum atomic E-state index is -0.366. The molecule has 0 aromatic heterocycles. The van der Waals surface area contributed by atoms with Gasteiger partial charge in [-0.1, -0.05) is 0 Å². The molecule has 0 saturated carbocycles. The van der Waals surface area contributed by atoms with Gasteiger partial charge in [0.15, 0.2) is 0 Å². The van der Waals surface area contributed by atoms with Crippen LogP contribution in [0.2, 0.25) is 0 Å². The van der Waals surface area contributed by atoms with Crippen LogP contribution in [0.5, 0.6) is 0 Å². The van der Waals surface area contributed by atoms with Crippen LogP contribution in [0.15, 0.2) is 11.8 Å². The maximum Gasteiger partial charge on any atom is 0.106 e. The van der Waals surface area contributed by atoms with E-state index in [9.17, 15) is 5.11 Å². The van der Waals surface area contributed by atoms with E-state index in [1.807, 2.05) is 6.08 Å². The third kappa shape index (κ3) is 4.61. The van der Waals surface area contributed by atoms with Crippen LogP contribution >= 0.6 is 0 Å². The summed E-state index contributed by atoms with van der Waals surface area (Å²) in [7, 11) is 0. The third-order valence-electron chi connectivity index (χ3n) is 2.44. The Labute approximate surface area is 90.5 Å². The van der Waals surface area contributed by atoms with Crippen LogP contribution in [0.25, 0.3) is 0 Å². The molecule has 2 atom stereocenters. The SMILES string of the molecule is NCCC(O)CN[C@@H]1CC=C(CN)OC1. The molecule has 88 valence electrons. The molecule has 0 aromatic carbocycles. The molecule has 0 radical (unpaired) electrons. The van der Waals surface area contributed by atoms with Gasteiger partial charge in [0, 0.05) is 12.6 Å². The van der Waals surface area contributed by atoms with Crippen molar-refractivity contribution in [3.8, 4) is 0 Å². The fourth-order valence-corrected chi connectivity index (χ4v) is 1.49. The van der Waals surface area contributed by atoms with Crippen LogP contribution in [-0.4, -0.2) is 43.5 Å². The van der Waals surface area contributed by atoms with E-state index in [0.29, 0.717) is 32.7 Å². The largest absolute Gasteiger partial charge is 0.495 e. The molecular weight excluding hydrogens is 194 g/mol. The summed E-state index contributed by atoms with van der Waals surface area (Å²) >= 11 is 0. The molecule has 5 nitrogen and oxygen atoms in total. The molecule has 6 N–H and O–H groups in total. The summed E-state index contributed by atoms with van der Waals surface area (Å²) in [6.07, 6.45) is 3.16. The molecular formula is C10H21N3O2. The quantitative estimate of drug-likeness (QED) is 0.452. The third-order valence-corrected chi connectivity index (χ3v) is 2.44. The van der Waals surface area contributed by atoms with Crippen molar-refractivity contribution in [2.24, 2.45) is 11.5 Å². The van der Waals surface area contributed by atoms with Crippen molar-refractivity contribution in [3.05, 3.63) is 11.8 Å². The monoisotopic (exact) mass is 215 g/mol. The van der Waals surface area contributed by atoms with Gasteiger partial charge in [-0.15, -0.1) is 0 Å². The van der Waals surface area contributed by atoms with E-state index in [-0.39, 0.29) is 12.1 Å². The second-order valence-corrected chi connectivity index (χ2v) is 3.76. The Hall–Kier alpha value is -0.620. The highest BCUT2D eigenvalue weighted by molar-refractivity contribution is 5.00. The summed E-state index contributed by atoms with van der Waals surface area (Å²) in [5.74, 6) is 0.857. The van der Waals surface area contributed by atoms with E-state index < -0.39 is 0 Å². The summed E-state index contributed by atoms with van der Waals surface area (Å²) in [4.78, 5) is 0. The van der Waals surface area contributed by atoms with E-state index in [2.05, 4.69) is 5.32 Å². The molecule has 15 heavy (non-hydrogen) atoms. The molecule has 1 aliphatic rings. The van der Waals surface area contributed by atoms with Gasteiger partial charge in [-0.05, 0) is 25.5 Å². The lowest BCUT2D eigenvalue weighted by molar-refractivity contribution is 0.130. The maximum atomic E-state index is 9.46. The Morgan fingerprint density at radius 3 is 2.93 bits per heavy atom. The first-order valence-electron chi connectivity index (χ1n) is 5.39. The molecule has 0 fully saturated rings. The van der Waals surface area contributed by atoms with Gasteiger partial charge in [0.05, 0.1) is 12.6 Å². The Bertz CT molecular complexity index is 209. The van der Waals surface area contributed by atoms with E-state index >= 15 is 0 Å². The molecule has 1 unspecified atom stereocenters. The number of nitrogens with one attached hydrogen (secondary N) is 1. The second kappa shape index (κ2) is 6.79. The van der Waals surface area contributed by atoms with Crippen molar-refractivity contribution in [2.45, 2.75) is 25.0 Å². The van der Waals surface area contributed by atoms with Crippen LogP contribution in [0.4, 0.5) is 0 Å². The van der Waals surface area contributed by atoms with Crippen LogP contribution in [0, 0.1) is 0 Å². The Morgan fingerprint density at radius 2 is 2.40 bits per heavy atom. The van der Waals surface area contributed by atoms with Gasteiger partial charge >= 0.3 is 0 Å². The first kappa shape index (κ1) is 12.4. The molecule has 0 aromatic rings. The summed E-state index contributed by atoms with van der Waals surface area (Å²) < 4.78 is 5.40. The fraction of sp³-hybridized carbons (Fsp3) is 0.800. The van der Waals surface area contributed by atoms with Gasteiger partial charge < -0.3 is 26.6 Å². The van der Waals surface area contributed by atoms with Crippen molar-refractivity contribution in [1.82, 2.24) is 5.32 Å². The van der Waals surface area contributed by atoms with Gasteiger partial charge in [0.1, 0.15) is 12.4 Å². The zero-order chi connectivity index (χ0) is 11.1. The normalized spacial score (nSPS) is 23.1. The van der Waals surface area contributed by atoms with Crippen LogP contribution < -0.4 is 16.8 Å². The molecule has 0 spiro atoms. The van der Waals surface area contributed by atoms with Crippen LogP contribution in [-0.2, 0) is 4.74 Å². The number of aliphatic hydroxyl groups excluding tert-OH is 1. The van der Waals surface area contributed by atoms with E-state index in [4.69, 9.17) is 16.2 Å². The average molecular weight is 215 g/mol. The highest BCUT2D eigenvalue weighted by atomic mass is 16.5. The smallest absolute Gasteiger partial charge is 0.106 e. The maximum absolute atomic E-state index is 9.46. The van der Waals surface area contributed by atoms with Gasteiger partial charge in [0.25, 0.3) is 0 Å². The zero-order valence-corrected chi connectivity index (χ0v) is 8.98. The summed E-state index contributed by atoms with van der Waals surface area (Å²) in [6, 6.07) is 0.271. The molecule has 5 heteroatoms. The number of nitrogens with two attached hydrogens (primary N) is 2. The zero-order valence-electron chi connectivity index (χ0n) is 8.98. The van der Waals surface area contributed by atoms with E-state index in [1.54, 1.807) is 0 Å². The minimum Gasteiger partial charge on any atom is -0.495 e. The molecule has 1 aliphatic heterocycles. The lowest BCUT2D eigenvalue weighted by atomic mass is 10.1. The number of hydrogen-bond acceptors (Lipinski definition) is 5. The highest BCUT2D eigenvalue weighted by Crippen LogP contribution is 2.09. The molecule has 0 saturated heterocycles. The number of rotatable bonds is 6.